The summed E-state index contributed by atoms with van der Waals surface area (Å²) < 4.78 is 13.2. The summed E-state index contributed by atoms with van der Waals surface area (Å²) in [4.78, 5) is 22.2. The normalized spacial score (nSPS) is 10.1. The van der Waals surface area contributed by atoms with Crippen molar-refractivity contribution in [1.29, 1.82) is 0 Å². The standard InChI is InChI=1S/C11H10ClFO2/c1-7(14)5-6-10(15)11-8(12)3-2-4-9(11)13/h2-4H,5-6H2,1H3. The monoisotopic (exact) mass is 228 g/mol. The van der Waals surface area contributed by atoms with Crippen molar-refractivity contribution in [3.05, 3.63) is 34.6 Å². The fraction of sp³-hybridized carbons (Fsp3) is 0.273. The van der Waals surface area contributed by atoms with E-state index in [9.17, 15) is 14.0 Å². The van der Waals surface area contributed by atoms with E-state index in [4.69, 9.17) is 11.6 Å². The molecule has 0 aliphatic carbocycles. The largest absolute Gasteiger partial charge is 0.300 e. The van der Waals surface area contributed by atoms with Crippen LogP contribution in [0.2, 0.25) is 5.02 Å². The summed E-state index contributed by atoms with van der Waals surface area (Å²) in [6, 6.07) is 4.05. The lowest BCUT2D eigenvalue weighted by Gasteiger charge is -2.03. The topological polar surface area (TPSA) is 34.1 Å². The van der Waals surface area contributed by atoms with E-state index in [1.54, 1.807) is 0 Å². The molecule has 0 radical (unpaired) electrons. The van der Waals surface area contributed by atoms with Crippen LogP contribution in [0.4, 0.5) is 4.39 Å². The van der Waals surface area contributed by atoms with Gasteiger partial charge in [0.15, 0.2) is 5.78 Å². The second-order valence-electron chi connectivity index (χ2n) is 3.22. The average Bonchev–Trinajstić information content (AvgIpc) is 2.14. The van der Waals surface area contributed by atoms with E-state index in [2.05, 4.69) is 0 Å². The van der Waals surface area contributed by atoms with Gasteiger partial charge in [0.05, 0.1) is 10.6 Å². The van der Waals surface area contributed by atoms with Gasteiger partial charge in [-0.1, -0.05) is 17.7 Å². The van der Waals surface area contributed by atoms with E-state index in [0.717, 1.165) is 0 Å². The summed E-state index contributed by atoms with van der Waals surface area (Å²) in [5, 5.41) is 0.0866. The maximum Gasteiger partial charge on any atom is 0.167 e. The molecular formula is C11H10ClFO2. The van der Waals surface area contributed by atoms with Gasteiger partial charge in [0.1, 0.15) is 11.6 Å². The molecule has 0 spiro atoms. The third-order valence-corrected chi connectivity index (χ3v) is 2.26. The van der Waals surface area contributed by atoms with Gasteiger partial charge in [-0.3, -0.25) is 4.79 Å². The highest BCUT2D eigenvalue weighted by Crippen LogP contribution is 2.20. The fourth-order valence-corrected chi connectivity index (χ4v) is 1.45. The predicted molar refractivity (Wildman–Crippen MR) is 55.7 cm³/mol. The Morgan fingerprint density at radius 3 is 2.53 bits per heavy atom. The number of rotatable bonds is 4. The van der Waals surface area contributed by atoms with E-state index in [-0.39, 0.29) is 29.2 Å². The zero-order chi connectivity index (χ0) is 11.4. The van der Waals surface area contributed by atoms with E-state index >= 15 is 0 Å². The van der Waals surface area contributed by atoms with Crippen molar-refractivity contribution in [3.8, 4) is 0 Å². The van der Waals surface area contributed by atoms with Crippen LogP contribution in [-0.4, -0.2) is 11.6 Å². The van der Waals surface area contributed by atoms with Crippen LogP contribution in [0.15, 0.2) is 18.2 Å². The maximum absolute atomic E-state index is 13.2. The van der Waals surface area contributed by atoms with E-state index in [1.807, 2.05) is 0 Å². The van der Waals surface area contributed by atoms with Crippen LogP contribution < -0.4 is 0 Å². The minimum Gasteiger partial charge on any atom is -0.300 e. The fourth-order valence-electron chi connectivity index (χ4n) is 1.18. The predicted octanol–water partition coefficient (Wildman–Crippen LogP) is 3.03. The van der Waals surface area contributed by atoms with Crippen LogP contribution in [0.25, 0.3) is 0 Å². The molecule has 2 nitrogen and oxygen atoms in total. The molecule has 1 rings (SSSR count). The van der Waals surface area contributed by atoms with Crippen molar-refractivity contribution < 1.29 is 14.0 Å². The molecule has 0 saturated heterocycles. The number of benzene rings is 1. The molecule has 0 saturated carbocycles. The quantitative estimate of drug-likeness (QED) is 0.743. The lowest BCUT2D eigenvalue weighted by atomic mass is 10.0. The Morgan fingerprint density at radius 1 is 1.33 bits per heavy atom. The van der Waals surface area contributed by atoms with Crippen LogP contribution >= 0.6 is 11.6 Å². The van der Waals surface area contributed by atoms with Gasteiger partial charge in [-0.05, 0) is 19.1 Å². The first kappa shape index (κ1) is 11.9. The van der Waals surface area contributed by atoms with Gasteiger partial charge in [-0.25, -0.2) is 4.39 Å². The lowest BCUT2D eigenvalue weighted by Crippen LogP contribution is -2.05. The van der Waals surface area contributed by atoms with Crippen LogP contribution in [-0.2, 0) is 4.79 Å². The zero-order valence-electron chi connectivity index (χ0n) is 8.22. The molecule has 1 aromatic carbocycles. The Labute approximate surface area is 92.0 Å². The maximum atomic E-state index is 13.2. The number of ketones is 2. The molecular weight excluding hydrogens is 219 g/mol. The molecule has 0 aromatic heterocycles. The molecule has 0 aliphatic heterocycles. The molecule has 1 aromatic rings. The first-order valence-electron chi connectivity index (χ1n) is 4.49. The van der Waals surface area contributed by atoms with Crippen molar-refractivity contribution in [3.63, 3.8) is 0 Å². The highest BCUT2D eigenvalue weighted by Gasteiger charge is 2.15. The molecule has 0 bridgehead atoms. The van der Waals surface area contributed by atoms with Crippen molar-refractivity contribution in [2.75, 3.05) is 0 Å². The number of hydrogen-bond acceptors (Lipinski definition) is 2. The van der Waals surface area contributed by atoms with Crippen molar-refractivity contribution in [1.82, 2.24) is 0 Å². The first-order chi connectivity index (χ1) is 7.02. The summed E-state index contributed by atoms with van der Waals surface area (Å²) in [6.07, 6.45) is 0.111. The van der Waals surface area contributed by atoms with Gasteiger partial charge < -0.3 is 4.79 Å². The van der Waals surface area contributed by atoms with Gasteiger partial charge in [0.2, 0.25) is 0 Å². The van der Waals surface area contributed by atoms with Crippen molar-refractivity contribution in [2.45, 2.75) is 19.8 Å². The molecule has 0 heterocycles. The van der Waals surface area contributed by atoms with Crippen LogP contribution in [0.1, 0.15) is 30.1 Å². The Balaban J connectivity index is 2.86. The molecule has 0 aliphatic rings. The zero-order valence-corrected chi connectivity index (χ0v) is 8.97. The summed E-state index contributed by atoms with van der Waals surface area (Å²) in [5.74, 6) is -1.18. The Morgan fingerprint density at radius 2 is 2.00 bits per heavy atom. The second kappa shape index (κ2) is 5.03. The number of hydrogen-bond donors (Lipinski definition) is 0. The average molecular weight is 229 g/mol. The Hall–Kier alpha value is -1.22. The third kappa shape index (κ3) is 3.13. The Kier molecular flexibility index (Phi) is 3.97. The first-order valence-corrected chi connectivity index (χ1v) is 4.87. The van der Waals surface area contributed by atoms with E-state index in [1.165, 1.54) is 25.1 Å². The number of carbonyl (C=O) groups is 2. The molecule has 80 valence electrons. The summed E-state index contributed by atoms with van der Waals surface area (Å²) in [5.41, 5.74) is -0.125. The molecule has 0 N–H and O–H groups in total. The molecule has 4 heteroatoms. The van der Waals surface area contributed by atoms with Crippen molar-refractivity contribution >= 4 is 23.2 Å². The number of halogens is 2. The molecule has 0 amide bonds. The molecule has 0 fully saturated rings. The van der Waals surface area contributed by atoms with E-state index < -0.39 is 11.6 Å². The summed E-state index contributed by atoms with van der Waals surface area (Å²) in [7, 11) is 0. The van der Waals surface area contributed by atoms with Gasteiger partial charge >= 0.3 is 0 Å². The highest BCUT2D eigenvalue weighted by atomic mass is 35.5. The van der Waals surface area contributed by atoms with Crippen LogP contribution in [0, 0.1) is 5.82 Å². The van der Waals surface area contributed by atoms with Crippen molar-refractivity contribution in [2.24, 2.45) is 0 Å². The minimum atomic E-state index is -0.643. The lowest BCUT2D eigenvalue weighted by molar-refractivity contribution is -0.116. The highest BCUT2D eigenvalue weighted by molar-refractivity contribution is 6.34. The number of carbonyl (C=O) groups excluding carboxylic acids is 2. The second-order valence-corrected chi connectivity index (χ2v) is 3.63. The molecule has 0 atom stereocenters. The smallest absolute Gasteiger partial charge is 0.167 e. The minimum absolute atomic E-state index is 0.00398. The SMILES string of the molecule is CC(=O)CCC(=O)c1c(F)cccc1Cl. The van der Waals surface area contributed by atoms with Gasteiger partial charge in [-0.2, -0.15) is 0 Å². The Bertz CT molecular complexity index is 381. The molecule has 15 heavy (non-hydrogen) atoms. The van der Waals surface area contributed by atoms with Gasteiger partial charge in [-0.15, -0.1) is 0 Å². The molecule has 0 unspecified atom stereocenters. The third-order valence-electron chi connectivity index (χ3n) is 1.95. The summed E-state index contributed by atoms with van der Waals surface area (Å²) in [6.45, 7) is 1.39. The van der Waals surface area contributed by atoms with Gasteiger partial charge in [0.25, 0.3) is 0 Å². The van der Waals surface area contributed by atoms with Crippen LogP contribution in [0.3, 0.4) is 0 Å². The van der Waals surface area contributed by atoms with E-state index in [0.29, 0.717) is 0 Å². The van der Waals surface area contributed by atoms with Crippen LogP contribution in [0.5, 0.6) is 0 Å². The van der Waals surface area contributed by atoms with Gasteiger partial charge in [0, 0.05) is 12.8 Å². The summed E-state index contributed by atoms with van der Waals surface area (Å²) >= 11 is 5.69. The number of Topliss-reactive ketones (excluding diaryl/α,β-unsaturated/α-hetero) is 2.